The van der Waals surface area contributed by atoms with Crippen molar-refractivity contribution in [2.24, 2.45) is 0 Å². The summed E-state index contributed by atoms with van der Waals surface area (Å²) in [6.07, 6.45) is 3.29. The number of rotatable bonds is 6. The maximum Gasteiger partial charge on any atom is 0.357 e. The minimum Gasteiger partial charge on any atom is -0.461 e. The van der Waals surface area contributed by atoms with Gasteiger partial charge in [-0.15, -0.1) is 11.3 Å². The van der Waals surface area contributed by atoms with Crippen LogP contribution in [0.2, 0.25) is 0 Å². The lowest BCUT2D eigenvalue weighted by Crippen LogP contribution is -2.14. The topological polar surface area (TPSA) is 92.9 Å². The molecule has 6 nitrogen and oxygen atoms in total. The molecule has 0 N–H and O–H groups in total. The number of nitriles is 1. The van der Waals surface area contributed by atoms with E-state index < -0.39 is 11.9 Å². The van der Waals surface area contributed by atoms with Crippen LogP contribution in [0.25, 0.3) is 0 Å². The number of hydrogen-bond donors (Lipinski definition) is 0. The molecular formula is C15H13N3O3S. The van der Waals surface area contributed by atoms with E-state index in [1.165, 1.54) is 5.38 Å². The number of ether oxygens (including phenoxy) is 1. The summed E-state index contributed by atoms with van der Waals surface area (Å²) in [5.74, 6) is -1.82. The molecule has 0 radical (unpaired) electrons. The van der Waals surface area contributed by atoms with Gasteiger partial charge in [0.2, 0.25) is 0 Å². The third-order valence-electron chi connectivity index (χ3n) is 2.81. The van der Waals surface area contributed by atoms with Gasteiger partial charge in [-0.1, -0.05) is 6.07 Å². The van der Waals surface area contributed by atoms with Crippen molar-refractivity contribution < 1.29 is 14.3 Å². The van der Waals surface area contributed by atoms with E-state index in [0.717, 1.165) is 16.9 Å². The zero-order valence-corrected chi connectivity index (χ0v) is 12.7. The average Bonchev–Trinajstić information content (AvgIpc) is 2.99. The lowest BCUT2D eigenvalue weighted by molar-refractivity contribution is -0.118. The molecule has 0 fully saturated rings. The first kappa shape index (κ1) is 15.8. The van der Waals surface area contributed by atoms with E-state index >= 15 is 0 Å². The largest absolute Gasteiger partial charge is 0.461 e. The third kappa shape index (κ3) is 3.74. The van der Waals surface area contributed by atoms with Crippen LogP contribution in [0.1, 0.15) is 33.9 Å². The van der Waals surface area contributed by atoms with Crippen LogP contribution < -0.4 is 0 Å². The molecule has 2 heterocycles. The van der Waals surface area contributed by atoms with Gasteiger partial charge in [-0.3, -0.25) is 9.78 Å². The fourth-order valence-electron chi connectivity index (χ4n) is 1.79. The van der Waals surface area contributed by atoms with Gasteiger partial charge in [-0.25, -0.2) is 9.78 Å². The second kappa shape index (κ2) is 7.43. The Balaban J connectivity index is 2.13. The number of carbonyl (C=O) groups excluding carboxylic acids is 2. The Morgan fingerprint density at radius 1 is 1.50 bits per heavy atom. The second-order valence-corrected chi connectivity index (χ2v) is 5.25. The van der Waals surface area contributed by atoms with Gasteiger partial charge in [0.15, 0.2) is 17.4 Å². The zero-order valence-electron chi connectivity index (χ0n) is 11.9. The number of esters is 1. The maximum absolute atomic E-state index is 12.2. The number of pyridine rings is 1. The van der Waals surface area contributed by atoms with Crippen molar-refractivity contribution in [3.63, 3.8) is 0 Å². The fourth-order valence-corrected chi connectivity index (χ4v) is 2.64. The van der Waals surface area contributed by atoms with Gasteiger partial charge in [0.05, 0.1) is 12.7 Å². The monoisotopic (exact) mass is 315 g/mol. The van der Waals surface area contributed by atoms with Crippen LogP contribution >= 0.6 is 11.3 Å². The summed E-state index contributed by atoms with van der Waals surface area (Å²) < 4.78 is 4.84. The van der Waals surface area contributed by atoms with Crippen LogP contribution in [0.3, 0.4) is 0 Å². The highest BCUT2D eigenvalue weighted by atomic mass is 32.1. The fraction of sp³-hybridized carbons (Fsp3) is 0.267. The van der Waals surface area contributed by atoms with Crippen LogP contribution in [0, 0.1) is 11.3 Å². The molecule has 2 aromatic heterocycles. The first-order chi connectivity index (χ1) is 10.7. The molecule has 0 aliphatic heterocycles. The first-order valence-corrected chi connectivity index (χ1v) is 7.47. The summed E-state index contributed by atoms with van der Waals surface area (Å²) in [7, 11) is 0. The Hall–Kier alpha value is -2.59. The summed E-state index contributed by atoms with van der Waals surface area (Å²) in [5.41, 5.74) is 0.853. The van der Waals surface area contributed by atoms with E-state index in [1.807, 2.05) is 6.07 Å². The van der Waals surface area contributed by atoms with Crippen LogP contribution in [-0.2, 0) is 16.0 Å². The zero-order chi connectivity index (χ0) is 15.9. The Bertz CT molecular complexity index is 706. The highest BCUT2D eigenvalue weighted by molar-refractivity contribution is 7.10. The Kier molecular flexibility index (Phi) is 5.33. The number of ketones is 1. The molecule has 22 heavy (non-hydrogen) atoms. The molecule has 0 aliphatic carbocycles. The number of hydrogen-bond acceptors (Lipinski definition) is 7. The molecule has 0 saturated carbocycles. The minimum atomic E-state index is -0.992. The molecule has 0 saturated heterocycles. The Labute approximate surface area is 131 Å². The van der Waals surface area contributed by atoms with Crippen molar-refractivity contribution in [3.8, 4) is 6.07 Å². The van der Waals surface area contributed by atoms with E-state index in [1.54, 1.807) is 31.5 Å². The average molecular weight is 315 g/mol. The smallest absolute Gasteiger partial charge is 0.357 e. The van der Waals surface area contributed by atoms with Crippen LogP contribution in [-0.4, -0.2) is 28.3 Å². The van der Waals surface area contributed by atoms with Crippen LogP contribution in [0.15, 0.2) is 29.9 Å². The number of aromatic nitrogens is 2. The summed E-state index contributed by atoms with van der Waals surface area (Å²) in [4.78, 5) is 31.8. The van der Waals surface area contributed by atoms with E-state index in [-0.39, 0.29) is 24.5 Å². The van der Waals surface area contributed by atoms with Crippen molar-refractivity contribution in [2.75, 3.05) is 6.61 Å². The maximum atomic E-state index is 12.2. The van der Waals surface area contributed by atoms with Gasteiger partial charge >= 0.3 is 5.97 Å². The molecule has 7 heteroatoms. The van der Waals surface area contributed by atoms with Crippen molar-refractivity contribution in [1.29, 1.82) is 5.26 Å². The van der Waals surface area contributed by atoms with E-state index in [4.69, 9.17) is 4.74 Å². The van der Waals surface area contributed by atoms with Gasteiger partial charge in [0.25, 0.3) is 0 Å². The van der Waals surface area contributed by atoms with E-state index in [2.05, 4.69) is 9.97 Å². The van der Waals surface area contributed by atoms with Crippen LogP contribution in [0.4, 0.5) is 0 Å². The normalized spacial score (nSPS) is 11.5. The predicted octanol–water partition coefficient (Wildman–Crippen LogP) is 2.13. The van der Waals surface area contributed by atoms with Crippen molar-refractivity contribution in [2.45, 2.75) is 19.3 Å². The summed E-state index contributed by atoms with van der Waals surface area (Å²) in [5, 5.41) is 11.0. The van der Waals surface area contributed by atoms with Gasteiger partial charge in [-0.2, -0.15) is 5.26 Å². The van der Waals surface area contributed by atoms with Gasteiger partial charge in [-0.05, 0) is 18.6 Å². The molecule has 2 rings (SSSR count). The number of thiazole rings is 1. The molecule has 1 atom stereocenters. The molecule has 0 aliphatic rings. The summed E-state index contributed by atoms with van der Waals surface area (Å²) in [6.45, 7) is 1.94. The van der Waals surface area contributed by atoms with Gasteiger partial charge < -0.3 is 4.74 Å². The highest BCUT2D eigenvalue weighted by Gasteiger charge is 2.25. The predicted molar refractivity (Wildman–Crippen MR) is 79.4 cm³/mol. The lowest BCUT2D eigenvalue weighted by Gasteiger charge is -2.04. The molecule has 0 bridgehead atoms. The van der Waals surface area contributed by atoms with E-state index in [9.17, 15) is 14.9 Å². The second-order valence-electron chi connectivity index (χ2n) is 4.36. The van der Waals surface area contributed by atoms with E-state index in [0.29, 0.717) is 5.01 Å². The van der Waals surface area contributed by atoms with Crippen molar-refractivity contribution in [1.82, 2.24) is 9.97 Å². The molecule has 0 amide bonds. The van der Waals surface area contributed by atoms with Crippen LogP contribution in [0.5, 0.6) is 0 Å². The number of carbonyl (C=O) groups is 2. The number of nitrogens with zero attached hydrogens (tertiary/aromatic N) is 3. The summed E-state index contributed by atoms with van der Waals surface area (Å²) in [6, 6.07) is 5.45. The number of Topliss-reactive ketones (excluding diaryl/α,β-unsaturated/α-hetero) is 1. The molecule has 112 valence electrons. The quantitative estimate of drug-likeness (QED) is 0.758. The van der Waals surface area contributed by atoms with Crippen molar-refractivity contribution >= 4 is 23.1 Å². The van der Waals surface area contributed by atoms with Gasteiger partial charge in [0, 0.05) is 24.2 Å². The molecule has 0 aromatic carbocycles. The molecular weight excluding hydrogens is 302 g/mol. The summed E-state index contributed by atoms with van der Waals surface area (Å²) >= 11 is 1.10. The SMILES string of the molecule is CCOC(=O)c1csc(C(C#N)C(=O)Cc2cccnc2)n1. The highest BCUT2D eigenvalue weighted by Crippen LogP contribution is 2.22. The lowest BCUT2D eigenvalue weighted by atomic mass is 10.0. The third-order valence-corrected chi connectivity index (χ3v) is 3.72. The van der Waals surface area contributed by atoms with Crippen molar-refractivity contribution in [3.05, 3.63) is 46.2 Å². The molecule has 1 unspecified atom stereocenters. The molecule has 2 aromatic rings. The standard InChI is InChI=1S/C15H13N3O3S/c1-2-21-15(20)12-9-22-14(18-12)11(7-16)13(19)6-10-4-3-5-17-8-10/h3-5,8-9,11H,2,6H2,1H3. The Morgan fingerprint density at radius 2 is 2.32 bits per heavy atom. The Morgan fingerprint density at radius 3 is 2.95 bits per heavy atom. The first-order valence-electron chi connectivity index (χ1n) is 6.59. The van der Waals surface area contributed by atoms with Gasteiger partial charge in [0.1, 0.15) is 5.01 Å². The molecule has 0 spiro atoms. The minimum absolute atomic E-state index is 0.0976.